The van der Waals surface area contributed by atoms with E-state index in [0.717, 1.165) is 21.9 Å². The van der Waals surface area contributed by atoms with Crippen LogP contribution in [0.25, 0.3) is 0 Å². The van der Waals surface area contributed by atoms with Crippen LogP contribution in [0.4, 0.5) is 10.1 Å². The average molecular weight is 322 g/mol. The van der Waals surface area contributed by atoms with E-state index < -0.39 is 0 Å². The number of carbonyl (C=O) groups excluding carboxylic acids is 1. The smallest absolute Gasteiger partial charge is 0.228 e. The predicted octanol–water partition coefficient (Wildman–Crippen LogP) is 4.51. The van der Waals surface area contributed by atoms with Gasteiger partial charge in [0.25, 0.3) is 0 Å². The van der Waals surface area contributed by atoms with Crippen molar-refractivity contribution in [1.29, 1.82) is 0 Å². The van der Waals surface area contributed by atoms with Gasteiger partial charge in [-0.1, -0.05) is 23.7 Å². The Bertz CT molecular complexity index is 674. The van der Waals surface area contributed by atoms with Gasteiger partial charge in [0.1, 0.15) is 5.82 Å². The summed E-state index contributed by atoms with van der Waals surface area (Å²) in [5, 5.41) is 0.605. The predicted molar refractivity (Wildman–Crippen MR) is 84.4 cm³/mol. The molecule has 0 atom stereocenters. The van der Waals surface area contributed by atoms with E-state index in [2.05, 4.69) is 0 Å². The number of amides is 1. The van der Waals surface area contributed by atoms with Crippen molar-refractivity contribution in [2.24, 2.45) is 0 Å². The summed E-state index contributed by atoms with van der Waals surface area (Å²) >= 11 is 7.73. The number of halogens is 2. The van der Waals surface area contributed by atoms with Crippen LogP contribution < -0.4 is 4.90 Å². The normalized spacial score (nSPS) is 14.8. The van der Waals surface area contributed by atoms with Gasteiger partial charge in [-0.3, -0.25) is 4.79 Å². The van der Waals surface area contributed by atoms with E-state index in [1.807, 2.05) is 18.2 Å². The molecule has 2 nitrogen and oxygen atoms in total. The van der Waals surface area contributed by atoms with Gasteiger partial charge in [-0.2, -0.15) is 0 Å². The van der Waals surface area contributed by atoms with Gasteiger partial charge in [-0.15, -0.1) is 11.8 Å². The molecule has 1 amide bonds. The largest absolute Gasteiger partial charge is 0.307 e. The summed E-state index contributed by atoms with van der Waals surface area (Å²) in [6, 6.07) is 11.8. The Labute approximate surface area is 131 Å². The SMILES string of the molecule is O=C1CCSc2ccc(Cl)cc2N1Cc1ccc(F)cc1. The van der Waals surface area contributed by atoms with Crippen molar-refractivity contribution in [2.75, 3.05) is 10.7 Å². The second-order valence-electron chi connectivity index (χ2n) is 4.82. The van der Waals surface area contributed by atoms with Crippen LogP contribution in [0.5, 0.6) is 0 Å². The first-order chi connectivity index (χ1) is 10.1. The van der Waals surface area contributed by atoms with Crippen molar-refractivity contribution in [1.82, 2.24) is 0 Å². The lowest BCUT2D eigenvalue weighted by molar-refractivity contribution is -0.118. The lowest BCUT2D eigenvalue weighted by Gasteiger charge is -2.23. The van der Waals surface area contributed by atoms with Gasteiger partial charge in [-0.05, 0) is 35.9 Å². The van der Waals surface area contributed by atoms with E-state index in [0.29, 0.717) is 18.0 Å². The van der Waals surface area contributed by atoms with E-state index >= 15 is 0 Å². The Balaban J connectivity index is 1.97. The summed E-state index contributed by atoms with van der Waals surface area (Å²) in [5.74, 6) is 0.542. The third-order valence-electron chi connectivity index (χ3n) is 3.34. The molecule has 3 rings (SSSR count). The highest BCUT2D eigenvalue weighted by Crippen LogP contribution is 2.36. The van der Waals surface area contributed by atoms with Gasteiger partial charge in [0, 0.05) is 22.1 Å². The molecule has 21 heavy (non-hydrogen) atoms. The first kappa shape index (κ1) is 14.4. The minimum absolute atomic E-state index is 0.0628. The summed E-state index contributed by atoms with van der Waals surface area (Å²) in [6.45, 7) is 0.424. The highest BCUT2D eigenvalue weighted by atomic mass is 35.5. The van der Waals surface area contributed by atoms with Crippen LogP contribution in [-0.4, -0.2) is 11.7 Å². The standard InChI is InChI=1S/C16H13ClFNOS/c17-12-3-6-15-14(9-12)19(16(20)7-8-21-15)10-11-1-4-13(18)5-2-11/h1-6,9H,7-8,10H2. The summed E-state index contributed by atoms with van der Waals surface area (Å²) < 4.78 is 13.0. The molecule has 0 spiro atoms. The quantitative estimate of drug-likeness (QED) is 0.811. The fraction of sp³-hybridized carbons (Fsp3) is 0.188. The average Bonchev–Trinajstić information content (AvgIpc) is 2.61. The number of hydrogen-bond acceptors (Lipinski definition) is 2. The van der Waals surface area contributed by atoms with E-state index in [4.69, 9.17) is 11.6 Å². The number of benzene rings is 2. The minimum Gasteiger partial charge on any atom is -0.307 e. The Morgan fingerprint density at radius 3 is 2.71 bits per heavy atom. The maximum atomic E-state index is 13.0. The second-order valence-corrected chi connectivity index (χ2v) is 6.39. The molecule has 0 unspecified atom stereocenters. The molecule has 2 aromatic carbocycles. The number of carbonyl (C=O) groups is 1. The van der Waals surface area contributed by atoms with E-state index in [9.17, 15) is 9.18 Å². The van der Waals surface area contributed by atoms with Crippen molar-refractivity contribution in [3.63, 3.8) is 0 Å². The van der Waals surface area contributed by atoms with Crippen LogP contribution in [0.1, 0.15) is 12.0 Å². The summed E-state index contributed by atoms with van der Waals surface area (Å²) in [7, 11) is 0. The zero-order chi connectivity index (χ0) is 14.8. The minimum atomic E-state index is -0.278. The van der Waals surface area contributed by atoms with Gasteiger partial charge in [-0.25, -0.2) is 4.39 Å². The molecule has 1 aliphatic heterocycles. The van der Waals surface area contributed by atoms with Crippen molar-refractivity contribution in [3.8, 4) is 0 Å². The number of hydrogen-bond donors (Lipinski definition) is 0. The van der Waals surface area contributed by atoms with E-state index in [-0.39, 0.29) is 11.7 Å². The molecule has 0 aliphatic carbocycles. The molecule has 1 heterocycles. The second kappa shape index (κ2) is 6.08. The maximum Gasteiger partial charge on any atom is 0.228 e. The molecule has 0 aromatic heterocycles. The van der Waals surface area contributed by atoms with Crippen molar-refractivity contribution in [2.45, 2.75) is 17.9 Å². The maximum absolute atomic E-state index is 13.0. The van der Waals surface area contributed by atoms with Gasteiger partial charge in [0.2, 0.25) is 5.91 Å². The molecule has 5 heteroatoms. The molecular formula is C16H13ClFNOS. The highest BCUT2D eigenvalue weighted by Gasteiger charge is 2.23. The third kappa shape index (κ3) is 3.22. The number of fused-ring (bicyclic) bond motifs is 1. The molecule has 0 saturated carbocycles. The van der Waals surface area contributed by atoms with Crippen LogP contribution in [-0.2, 0) is 11.3 Å². The molecule has 2 aromatic rings. The zero-order valence-electron chi connectivity index (χ0n) is 11.2. The van der Waals surface area contributed by atoms with E-state index in [1.54, 1.807) is 28.8 Å². The van der Waals surface area contributed by atoms with Gasteiger partial charge >= 0.3 is 0 Å². The number of nitrogens with zero attached hydrogens (tertiary/aromatic N) is 1. The third-order valence-corrected chi connectivity index (χ3v) is 4.64. The Morgan fingerprint density at radius 1 is 1.19 bits per heavy atom. The fourth-order valence-corrected chi connectivity index (χ4v) is 3.43. The van der Waals surface area contributed by atoms with Gasteiger partial charge in [0.15, 0.2) is 0 Å². The Kier molecular flexibility index (Phi) is 4.17. The number of anilines is 1. The monoisotopic (exact) mass is 321 g/mol. The van der Waals surface area contributed by atoms with Crippen LogP contribution in [0, 0.1) is 5.82 Å². The summed E-state index contributed by atoms with van der Waals surface area (Å²) in [4.78, 5) is 15.1. The van der Waals surface area contributed by atoms with Crippen molar-refractivity contribution < 1.29 is 9.18 Å². The zero-order valence-corrected chi connectivity index (χ0v) is 12.8. The first-order valence-corrected chi connectivity index (χ1v) is 7.97. The summed E-state index contributed by atoms with van der Waals surface area (Å²) in [6.07, 6.45) is 0.484. The first-order valence-electron chi connectivity index (χ1n) is 6.60. The molecule has 0 saturated heterocycles. The molecule has 0 radical (unpaired) electrons. The molecule has 0 N–H and O–H groups in total. The van der Waals surface area contributed by atoms with Crippen LogP contribution in [0.2, 0.25) is 5.02 Å². The van der Waals surface area contributed by atoms with Crippen LogP contribution >= 0.6 is 23.4 Å². The fourth-order valence-electron chi connectivity index (χ4n) is 2.29. The van der Waals surface area contributed by atoms with Crippen molar-refractivity contribution in [3.05, 3.63) is 58.9 Å². The lowest BCUT2D eigenvalue weighted by atomic mass is 10.2. The topological polar surface area (TPSA) is 20.3 Å². The van der Waals surface area contributed by atoms with Crippen LogP contribution in [0.15, 0.2) is 47.4 Å². The lowest BCUT2D eigenvalue weighted by Crippen LogP contribution is -2.29. The van der Waals surface area contributed by atoms with Crippen LogP contribution in [0.3, 0.4) is 0 Å². The Morgan fingerprint density at radius 2 is 1.95 bits per heavy atom. The van der Waals surface area contributed by atoms with Gasteiger partial charge in [0.05, 0.1) is 12.2 Å². The highest BCUT2D eigenvalue weighted by molar-refractivity contribution is 7.99. The molecular weight excluding hydrogens is 309 g/mol. The molecule has 0 fully saturated rings. The number of thioether (sulfide) groups is 1. The molecule has 0 bridgehead atoms. The van der Waals surface area contributed by atoms with Gasteiger partial charge < -0.3 is 4.90 Å². The van der Waals surface area contributed by atoms with E-state index in [1.165, 1.54) is 12.1 Å². The molecule has 1 aliphatic rings. The molecule has 108 valence electrons. The Hall–Kier alpha value is -1.52. The number of rotatable bonds is 2. The van der Waals surface area contributed by atoms with Crippen molar-refractivity contribution >= 4 is 35.0 Å². The summed E-state index contributed by atoms with van der Waals surface area (Å²) in [5.41, 5.74) is 1.72.